The molecular formula is C19H24N2O3. The Morgan fingerprint density at radius 2 is 2.08 bits per heavy atom. The molecule has 1 unspecified atom stereocenters. The first-order valence-electron chi connectivity index (χ1n) is 8.96. The number of hydrogen-bond acceptors (Lipinski definition) is 3. The van der Waals surface area contributed by atoms with E-state index in [0.717, 1.165) is 42.1 Å². The second kappa shape index (κ2) is 5.88. The van der Waals surface area contributed by atoms with E-state index in [1.54, 1.807) is 0 Å². The number of benzene rings is 1. The summed E-state index contributed by atoms with van der Waals surface area (Å²) in [4.78, 5) is 24.4. The first-order chi connectivity index (χ1) is 11.6. The van der Waals surface area contributed by atoms with Gasteiger partial charge in [0.25, 0.3) is 5.91 Å². The topological polar surface area (TPSA) is 67.4 Å². The zero-order valence-corrected chi connectivity index (χ0v) is 14.1. The molecule has 0 bridgehead atoms. The summed E-state index contributed by atoms with van der Waals surface area (Å²) in [6.07, 6.45) is 6.06. The van der Waals surface area contributed by atoms with Crippen molar-refractivity contribution in [3.63, 3.8) is 0 Å². The van der Waals surface area contributed by atoms with E-state index in [1.807, 2.05) is 18.2 Å². The van der Waals surface area contributed by atoms with Crippen LogP contribution in [0.2, 0.25) is 0 Å². The maximum atomic E-state index is 12.3. The van der Waals surface area contributed by atoms with Crippen LogP contribution in [0.4, 0.5) is 11.4 Å². The molecule has 2 fully saturated rings. The minimum Gasteiger partial charge on any atom is -0.360 e. The van der Waals surface area contributed by atoms with E-state index in [1.165, 1.54) is 12.8 Å². The molecule has 1 atom stereocenters. The van der Waals surface area contributed by atoms with Gasteiger partial charge in [-0.1, -0.05) is 25.8 Å². The monoisotopic (exact) mass is 328 g/mol. The highest BCUT2D eigenvalue weighted by Crippen LogP contribution is 2.47. The van der Waals surface area contributed by atoms with Crippen LogP contribution in [0.5, 0.6) is 0 Å². The van der Waals surface area contributed by atoms with Crippen molar-refractivity contribution < 1.29 is 14.3 Å². The van der Waals surface area contributed by atoms with E-state index in [4.69, 9.17) is 4.74 Å². The highest BCUT2D eigenvalue weighted by molar-refractivity contribution is 6.06. The van der Waals surface area contributed by atoms with Gasteiger partial charge in [-0.15, -0.1) is 0 Å². The highest BCUT2D eigenvalue weighted by Gasteiger charge is 2.52. The second-order valence-electron chi connectivity index (χ2n) is 7.52. The van der Waals surface area contributed by atoms with Crippen LogP contribution in [0.25, 0.3) is 0 Å². The summed E-state index contributed by atoms with van der Waals surface area (Å²) >= 11 is 0. The molecule has 1 aromatic carbocycles. The molecule has 2 heterocycles. The van der Waals surface area contributed by atoms with Gasteiger partial charge in [0, 0.05) is 29.8 Å². The molecule has 2 amide bonds. The fourth-order valence-corrected chi connectivity index (χ4v) is 4.13. The Morgan fingerprint density at radius 1 is 1.33 bits per heavy atom. The quantitative estimate of drug-likeness (QED) is 0.893. The van der Waals surface area contributed by atoms with Gasteiger partial charge in [-0.2, -0.15) is 0 Å². The molecule has 2 aliphatic heterocycles. The van der Waals surface area contributed by atoms with Gasteiger partial charge in [-0.05, 0) is 36.8 Å². The van der Waals surface area contributed by atoms with Crippen molar-refractivity contribution in [2.45, 2.75) is 51.0 Å². The SMILES string of the molecule is CC1CCC(CC(=O)Nc2ccc3c(c2)NC(=O)C32CCO2)CC1. The van der Waals surface area contributed by atoms with Gasteiger partial charge in [0.2, 0.25) is 5.91 Å². The van der Waals surface area contributed by atoms with E-state index in [-0.39, 0.29) is 11.8 Å². The van der Waals surface area contributed by atoms with Crippen LogP contribution in [0.15, 0.2) is 18.2 Å². The molecule has 128 valence electrons. The summed E-state index contributed by atoms with van der Waals surface area (Å²) < 4.78 is 5.55. The molecular weight excluding hydrogens is 304 g/mol. The Bertz CT molecular complexity index is 673. The van der Waals surface area contributed by atoms with Crippen molar-refractivity contribution >= 4 is 23.2 Å². The van der Waals surface area contributed by atoms with Crippen molar-refractivity contribution in [1.82, 2.24) is 0 Å². The van der Waals surface area contributed by atoms with E-state index in [9.17, 15) is 9.59 Å². The summed E-state index contributed by atoms with van der Waals surface area (Å²) in [5, 5.41) is 5.85. The molecule has 0 aromatic heterocycles. The van der Waals surface area contributed by atoms with Gasteiger partial charge >= 0.3 is 0 Å². The van der Waals surface area contributed by atoms with Gasteiger partial charge < -0.3 is 15.4 Å². The first kappa shape index (κ1) is 15.6. The Balaban J connectivity index is 1.40. The number of ether oxygens (including phenoxy) is 1. The third kappa shape index (κ3) is 2.61. The Kier molecular flexibility index (Phi) is 3.83. The highest BCUT2D eigenvalue weighted by atomic mass is 16.5. The molecule has 2 N–H and O–H groups in total. The summed E-state index contributed by atoms with van der Waals surface area (Å²) in [7, 11) is 0. The fraction of sp³-hybridized carbons (Fsp3) is 0.579. The van der Waals surface area contributed by atoms with Crippen LogP contribution in [-0.4, -0.2) is 18.4 Å². The molecule has 5 nitrogen and oxygen atoms in total. The van der Waals surface area contributed by atoms with E-state index < -0.39 is 5.60 Å². The van der Waals surface area contributed by atoms with Crippen LogP contribution in [0.3, 0.4) is 0 Å². The lowest BCUT2D eigenvalue weighted by atomic mass is 9.81. The van der Waals surface area contributed by atoms with Crippen LogP contribution < -0.4 is 10.6 Å². The van der Waals surface area contributed by atoms with Gasteiger partial charge in [0.05, 0.1) is 6.61 Å². The van der Waals surface area contributed by atoms with Crippen molar-refractivity contribution in [3.8, 4) is 0 Å². The van der Waals surface area contributed by atoms with E-state index in [0.29, 0.717) is 18.9 Å². The predicted octanol–water partition coefficient (Wildman–Crippen LogP) is 3.41. The molecule has 1 aliphatic carbocycles. The lowest BCUT2D eigenvalue weighted by Crippen LogP contribution is -2.46. The third-order valence-electron chi connectivity index (χ3n) is 5.77. The van der Waals surface area contributed by atoms with Crippen molar-refractivity contribution in [2.24, 2.45) is 11.8 Å². The summed E-state index contributed by atoms with van der Waals surface area (Å²) in [5.74, 6) is 1.27. The van der Waals surface area contributed by atoms with Crippen molar-refractivity contribution in [3.05, 3.63) is 23.8 Å². The number of hydrogen-bond donors (Lipinski definition) is 2. The van der Waals surface area contributed by atoms with E-state index >= 15 is 0 Å². The Morgan fingerprint density at radius 3 is 2.75 bits per heavy atom. The number of fused-ring (bicyclic) bond motifs is 2. The van der Waals surface area contributed by atoms with Gasteiger partial charge in [0.15, 0.2) is 5.60 Å². The number of rotatable bonds is 3. The summed E-state index contributed by atoms with van der Waals surface area (Å²) in [5.41, 5.74) is 1.60. The average molecular weight is 328 g/mol. The maximum Gasteiger partial charge on any atom is 0.261 e. The van der Waals surface area contributed by atoms with Gasteiger partial charge in [0.1, 0.15) is 0 Å². The first-order valence-corrected chi connectivity index (χ1v) is 8.96. The molecule has 1 saturated heterocycles. The Hall–Kier alpha value is -1.88. The summed E-state index contributed by atoms with van der Waals surface area (Å²) in [6.45, 7) is 2.90. The molecule has 1 saturated carbocycles. The lowest BCUT2D eigenvalue weighted by Gasteiger charge is -2.36. The second-order valence-corrected chi connectivity index (χ2v) is 7.52. The van der Waals surface area contributed by atoms with Crippen molar-refractivity contribution in [2.75, 3.05) is 17.2 Å². The zero-order chi connectivity index (χ0) is 16.7. The minimum atomic E-state index is -0.781. The molecule has 0 radical (unpaired) electrons. The number of carbonyl (C=O) groups is 2. The van der Waals surface area contributed by atoms with Crippen LogP contribution >= 0.6 is 0 Å². The number of carbonyl (C=O) groups excluding carboxylic acids is 2. The van der Waals surface area contributed by atoms with E-state index in [2.05, 4.69) is 17.6 Å². The molecule has 1 aromatic rings. The molecule has 24 heavy (non-hydrogen) atoms. The standard InChI is InChI=1S/C19H24N2O3/c1-12-2-4-13(5-3-12)10-17(22)20-14-6-7-15-16(11-14)21-18(23)19(15)8-9-24-19/h6-7,11-13H,2-5,8-10H2,1H3,(H,20,22)(H,21,23). The van der Waals surface area contributed by atoms with Gasteiger partial charge in [-0.3, -0.25) is 9.59 Å². The Labute approximate surface area is 142 Å². The number of nitrogens with one attached hydrogen (secondary N) is 2. The lowest BCUT2D eigenvalue weighted by molar-refractivity contribution is -0.172. The third-order valence-corrected chi connectivity index (χ3v) is 5.77. The largest absolute Gasteiger partial charge is 0.360 e. The fourth-order valence-electron chi connectivity index (χ4n) is 4.13. The molecule has 1 spiro atoms. The smallest absolute Gasteiger partial charge is 0.261 e. The molecule has 5 heteroatoms. The zero-order valence-electron chi connectivity index (χ0n) is 14.1. The number of anilines is 2. The van der Waals surface area contributed by atoms with Crippen molar-refractivity contribution in [1.29, 1.82) is 0 Å². The molecule has 3 aliphatic rings. The maximum absolute atomic E-state index is 12.3. The normalized spacial score (nSPS) is 31.3. The average Bonchev–Trinajstić information content (AvgIpc) is 2.80. The minimum absolute atomic E-state index is 0.0634. The molecule has 4 rings (SSSR count). The summed E-state index contributed by atoms with van der Waals surface area (Å²) in [6, 6.07) is 5.60. The van der Waals surface area contributed by atoms with Gasteiger partial charge in [-0.25, -0.2) is 0 Å². The number of amides is 2. The van der Waals surface area contributed by atoms with Crippen LogP contribution in [0, 0.1) is 11.8 Å². The van der Waals surface area contributed by atoms with Crippen LogP contribution in [-0.2, 0) is 19.9 Å². The van der Waals surface area contributed by atoms with Crippen LogP contribution in [0.1, 0.15) is 51.0 Å². The predicted molar refractivity (Wildman–Crippen MR) is 91.7 cm³/mol.